The third-order valence-corrected chi connectivity index (χ3v) is 6.29. The fourth-order valence-electron chi connectivity index (χ4n) is 4.41. The Morgan fingerprint density at radius 3 is 2.14 bits per heavy atom. The lowest BCUT2D eigenvalue weighted by Gasteiger charge is -2.33. The highest BCUT2D eigenvalue weighted by molar-refractivity contribution is 6.08. The van der Waals surface area contributed by atoms with E-state index in [1.807, 2.05) is 24.3 Å². The van der Waals surface area contributed by atoms with Crippen molar-refractivity contribution in [2.75, 3.05) is 23.3 Å². The van der Waals surface area contributed by atoms with Crippen molar-refractivity contribution in [1.82, 2.24) is 0 Å². The maximum Gasteiger partial charge on any atom is 0.416 e. The number of nitrogens with zero attached hydrogens (tertiary/aromatic N) is 1. The smallest absolute Gasteiger partial charge is 0.372 e. The van der Waals surface area contributed by atoms with Gasteiger partial charge in [-0.1, -0.05) is 30.3 Å². The number of nitrogens with two attached hydrogens (primary N) is 1. The molecule has 0 bridgehead atoms. The van der Waals surface area contributed by atoms with Gasteiger partial charge in [-0.15, -0.1) is 0 Å². The van der Waals surface area contributed by atoms with E-state index in [2.05, 4.69) is 10.2 Å². The van der Waals surface area contributed by atoms with Crippen LogP contribution < -0.4 is 16.0 Å². The van der Waals surface area contributed by atoms with Crippen molar-refractivity contribution >= 4 is 23.2 Å². The fraction of sp³-hybridized carbons (Fsp3) is 0.259. The van der Waals surface area contributed by atoms with E-state index in [9.17, 15) is 22.8 Å². The van der Waals surface area contributed by atoms with Crippen LogP contribution in [0.3, 0.4) is 0 Å². The fourth-order valence-corrected chi connectivity index (χ4v) is 4.41. The van der Waals surface area contributed by atoms with Crippen molar-refractivity contribution in [3.8, 4) is 11.1 Å². The van der Waals surface area contributed by atoms with Gasteiger partial charge in [0.15, 0.2) is 0 Å². The summed E-state index contributed by atoms with van der Waals surface area (Å²) in [5, 5.41) is 2.87. The standard InChI is InChI=1S/C27H26F3N3O2/c28-27(29,30)20-7-5-19(6-8-20)23-3-1-2-4-24(23)26(35)32-21-9-11-22(12-10-21)33-15-13-18(14-16-33)17-25(31)34/h1-12,18H,13-17H2,(H2,31,34)(H,32,35). The van der Waals surface area contributed by atoms with Gasteiger partial charge in [0.2, 0.25) is 5.91 Å². The molecule has 0 spiro atoms. The van der Waals surface area contributed by atoms with Crippen LogP contribution in [-0.2, 0) is 11.0 Å². The van der Waals surface area contributed by atoms with Crippen LogP contribution in [0.1, 0.15) is 35.2 Å². The summed E-state index contributed by atoms with van der Waals surface area (Å²) in [6, 6.07) is 19.1. The molecular formula is C27H26F3N3O2. The van der Waals surface area contributed by atoms with E-state index in [1.165, 1.54) is 12.1 Å². The van der Waals surface area contributed by atoms with E-state index in [0.29, 0.717) is 34.7 Å². The number of anilines is 2. The minimum absolute atomic E-state index is 0.261. The minimum Gasteiger partial charge on any atom is -0.372 e. The van der Waals surface area contributed by atoms with E-state index >= 15 is 0 Å². The van der Waals surface area contributed by atoms with E-state index < -0.39 is 11.7 Å². The summed E-state index contributed by atoms with van der Waals surface area (Å²) < 4.78 is 38.7. The number of piperidine rings is 1. The highest BCUT2D eigenvalue weighted by Crippen LogP contribution is 2.32. The third-order valence-electron chi connectivity index (χ3n) is 6.29. The number of amides is 2. The molecule has 1 saturated heterocycles. The highest BCUT2D eigenvalue weighted by Gasteiger charge is 2.30. The second-order valence-electron chi connectivity index (χ2n) is 8.72. The van der Waals surface area contributed by atoms with Crippen LogP contribution in [0, 0.1) is 5.92 Å². The molecule has 5 nitrogen and oxygen atoms in total. The normalized spacial score (nSPS) is 14.5. The molecular weight excluding hydrogens is 455 g/mol. The number of primary amides is 1. The molecule has 0 aliphatic carbocycles. The second-order valence-corrected chi connectivity index (χ2v) is 8.72. The molecule has 3 aromatic carbocycles. The largest absolute Gasteiger partial charge is 0.416 e. The summed E-state index contributed by atoms with van der Waals surface area (Å²) in [6.45, 7) is 1.67. The van der Waals surface area contributed by atoms with Gasteiger partial charge in [0.05, 0.1) is 5.56 Å². The molecule has 8 heteroatoms. The van der Waals surface area contributed by atoms with Crippen molar-refractivity contribution < 1.29 is 22.8 Å². The predicted molar refractivity (Wildman–Crippen MR) is 130 cm³/mol. The van der Waals surface area contributed by atoms with Crippen LogP contribution in [0.15, 0.2) is 72.8 Å². The molecule has 0 radical (unpaired) electrons. The molecule has 0 aromatic heterocycles. The van der Waals surface area contributed by atoms with Crippen LogP contribution in [-0.4, -0.2) is 24.9 Å². The molecule has 182 valence electrons. The lowest BCUT2D eigenvalue weighted by molar-refractivity contribution is -0.137. The Morgan fingerprint density at radius 1 is 0.914 bits per heavy atom. The first kappa shape index (κ1) is 24.3. The number of halogens is 3. The lowest BCUT2D eigenvalue weighted by Crippen LogP contribution is -2.35. The van der Waals surface area contributed by atoms with Crippen LogP contribution in [0.2, 0.25) is 0 Å². The van der Waals surface area contributed by atoms with Gasteiger partial charge in [-0.05, 0) is 72.4 Å². The van der Waals surface area contributed by atoms with Crippen LogP contribution in [0.4, 0.5) is 24.5 Å². The average molecular weight is 482 g/mol. The minimum atomic E-state index is -4.42. The summed E-state index contributed by atoms with van der Waals surface area (Å²) >= 11 is 0. The van der Waals surface area contributed by atoms with Crippen molar-refractivity contribution in [2.45, 2.75) is 25.4 Å². The average Bonchev–Trinajstić information content (AvgIpc) is 2.84. The Morgan fingerprint density at radius 2 is 1.54 bits per heavy atom. The van der Waals surface area contributed by atoms with Gasteiger partial charge >= 0.3 is 6.18 Å². The van der Waals surface area contributed by atoms with Gasteiger partial charge in [0, 0.05) is 36.4 Å². The number of benzene rings is 3. The maximum absolute atomic E-state index is 13.0. The van der Waals surface area contributed by atoms with E-state index in [-0.39, 0.29) is 11.8 Å². The summed E-state index contributed by atoms with van der Waals surface area (Å²) in [7, 11) is 0. The Hall–Kier alpha value is -3.81. The van der Waals surface area contributed by atoms with E-state index in [1.54, 1.807) is 24.3 Å². The van der Waals surface area contributed by atoms with Crippen molar-refractivity contribution in [3.63, 3.8) is 0 Å². The summed E-state index contributed by atoms with van der Waals surface area (Å²) in [5.41, 5.74) is 7.66. The SMILES string of the molecule is NC(=O)CC1CCN(c2ccc(NC(=O)c3ccccc3-c3ccc(C(F)(F)F)cc3)cc2)CC1. The van der Waals surface area contributed by atoms with Crippen molar-refractivity contribution in [2.24, 2.45) is 11.7 Å². The number of carbonyl (C=O) groups excluding carboxylic acids is 2. The first-order valence-electron chi connectivity index (χ1n) is 11.4. The molecule has 3 N–H and O–H groups in total. The molecule has 1 heterocycles. The van der Waals surface area contributed by atoms with Crippen LogP contribution in [0.5, 0.6) is 0 Å². The van der Waals surface area contributed by atoms with E-state index in [0.717, 1.165) is 43.8 Å². The molecule has 1 aliphatic rings. The van der Waals surface area contributed by atoms with Crippen molar-refractivity contribution in [3.05, 3.63) is 83.9 Å². The van der Waals surface area contributed by atoms with Crippen LogP contribution >= 0.6 is 0 Å². The number of hydrogen-bond acceptors (Lipinski definition) is 3. The molecule has 4 rings (SSSR count). The molecule has 2 amide bonds. The first-order chi connectivity index (χ1) is 16.7. The summed E-state index contributed by atoms with van der Waals surface area (Å²) in [5.74, 6) is -0.281. The van der Waals surface area contributed by atoms with Crippen LogP contribution in [0.25, 0.3) is 11.1 Å². The first-order valence-corrected chi connectivity index (χ1v) is 11.4. The number of carbonyl (C=O) groups is 2. The van der Waals surface area contributed by atoms with Crippen molar-refractivity contribution in [1.29, 1.82) is 0 Å². The van der Waals surface area contributed by atoms with Gasteiger partial charge in [-0.2, -0.15) is 13.2 Å². The molecule has 35 heavy (non-hydrogen) atoms. The molecule has 0 unspecified atom stereocenters. The molecule has 1 fully saturated rings. The monoisotopic (exact) mass is 481 g/mol. The Kier molecular flexibility index (Phi) is 7.10. The lowest BCUT2D eigenvalue weighted by atomic mass is 9.93. The van der Waals surface area contributed by atoms with Gasteiger partial charge < -0.3 is 16.0 Å². The Labute approximate surface area is 201 Å². The van der Waals surface area contributed by atoms with Gasteiger partial charge in [-0.25, -0.2) is 0 Å². The third kappa shape index (κ3) is 6.01. The second kappa shape index (κ2) is 10.2. The highest BCUT2D eigenvalue weighted by atomic mass is 19.4. The zero-order chi connectivity index (χ0) is 25.0. The molecule has 1 aliphatic heterocycles. The summed E-state index contributed by atoms with van der Waals surface area (Å²) in [6.07, 6.45) is -2.18. The van der Waals surface area contributed by atoms with Gasteiger partial charge in [-0.3, -0.25) is 9.59 Å². The molecule has 3 aromatic rings. The quantitative estimate of drug-likeness (QED) is 0.473. The maximum atomic E-state index is 13.0. The van der Waals surface area contributed by atoms with Gasteiger partial charge in [0.1, 0.15) is 0 Å². The topological polar surface area (TPSA) is 75.4 Å². The summed E-state index contributed by atoms with van der Waals surface area (Å²) in [4.78, 5) is 26.4. The molecule has 0 saturated carbocycles. The van der Waals surface area contributed by atoms with E-state index in [4.69, 9.17) is 5.73 Å². The Balaban J connectivity index is 1.43. The zero-order valence-corrected chi connectivity index (χ0v) is 19.0. The zero-order valence-electron chi connectivity index (χ0n) is 19.0. The van der Waals surface area contributed by atoms with Gasteiger partial charge in [0.25, 0.3) is 5.91 Å². The number of hydrogen-bond donors (Lipinski definition) is 2. The molecule has 0 atom stereocenters. The predicted octanol–water partition coefficient (Wildman–Crippen LogP) is 5.72. The Bertz CT molecular complexity index is 1180. The number of alkyl halides is 3. The number of nitrogens with one attached hydrogen (secondary N) is 1. The number of rotatable bonds is 6.